The summed E-state index contributed by atoms with van der Waals surface area (Å²) in [6, 6.07) is 0. The average Bonchev–Trinajstić information content (AvgIpc) is 2.67. The molecule has 0 aliphatic carbocycles. The highest BCUT2D eigenvalue weighted by Gasteiger charge is 2.26. The van der Waals surface area contributed by atoms with Crippen LogP contribution in [0, 0.1) is 0 Å². The fraction of sp³-hybridized carbons (Fsp3) is 0.636. The third-order valence-corrected chi connectivity index (χ3v) is 2.95. The number of rotatable bonds is 3. The second-order valence-corrected chi connectivity index (χ2v) is 4.07. The molecule has 1 fully saturated rings. The van der Waals surface area contributed by atoms with Crippen LogP contribution in [0.1, 0.15) is 48.6 Å². The Balaban J connectivity index is 2.38. The molecular weight excluding hydrogens is 224 g/mol. The van der Waals surface area contributed by atoms with Crippen LogP contribution in [0.2, 0.25) is 0 Å². The van der Waals surface area contributed by atoms with E-state index in [1.807, 2.05) is 6.92 Å². The van der Waals surface area contributed by atoms with E-state index in [4.69, 9.17) is 9.84 Å². The molecule has 2 rings (SSSR count). The predicted molar refractivity (Wildman–Crippen MR) is 59.1 cm³/mol. The SMILES string of the molecule is CCc1c(O)c(C(=O)O)nn1C1CCCCO1. The summed E-state index contributed by atoms with van der Waals surface area (Å²) in [6.45, 7) is 2.50. The highest BCUT2D eigenvalue weighted by atomic mass is 16.5. The number of hydrogen-bond acceptors (Lipinski definition) is 4. The molecule has 1 saturated heterocycles. The van der Waals surface area contributed by atoms with Crippen molar-refractivity contribution in [2.45, 2.75) is 38.8 Å². The topological polar surface area (TPSA) is 84.6 Å². The van der Waals surface area contributed by atoms with Crippen LogP contribution in [0.25, 0.3) is 0 Å². The van der Waals surface area contributed by atoms with Crippen molar-refractivity contribution in [2.24, 2.45) is 0 Å². The van der Waals surface area contributed by atoms with E-state index in [-0.39, 0.29) is 17.7 Å². The molecule has 0 bridgehead atoms. The van der Waals surface area contributed by atoms with Crippen molar-refractivity contribution in [3.63, 3.8) is 0 Å². The van der Waals surface area contributed by atoms with Gasteiger partial charge in [-0.25, -0.2) is 9.48 Å². The van der Waals surface area contributed by atoms with Crippen LogP contribution in [0.15, 0.2) is 0 Å². The second kappa shape index (κ2) is 4.75. The molecule has 1 aromatic heterocycles. The predicted octanol–water partition coefficient (Wildman–Crippen LogP) is 1.55. The lowest BCUT2D eigenvalue weighted by Crippen LogP contribution is -2.21. The van der Waals surface area contributed by atoms with Crippen LogP contribution >= 0.6 is 0 Å². The molecule has 0 amide bonds. The zero-order valence-corrected chi connectivity index (χ0v) is 9.72. The van der Waals surface area contributed by atoms with Crippen LogP contribution in [0.4, 0.5) is 0 Å². The van der Waals surface area contributed by atoms with Gasteiger partial charge in [0.2, 0.25) is 5.69 Å². The number of ether oxygens (including phenoxy) is 1. The molecule has 6 heteroatoms. The molecule has 2 heterocycles. The molecule has 1 aliphatic heterocycles. The largest absolute Gasteiger partial charge is 0.504 e. The summed E-state index contributed by atoms with van der Waals surface area (Å²) in [5.41, 5.74) is 0.227. The Hall–Kier alpha value is -1.56. The molecule has 2 N–H and O–H groups in total. The maximum atomic E-state index is 10.9. The van der Waals surface area contributed by atoms with Crippen molar-refractivity contribution in [3.8, 4) is 5.75 Å². The van der Waals surface area contributed by atoms with Crippen molar-refractivity contribution in [1.29, 1.82) is 0 Å². The maximum Gasteiger partial charge on any atom is 0.360 e. The molecule has 1 aromatic rings. The van der Waals surface area contributed by atoms with Gasteiger partial charge in [0.05, 0.1) is 5.69 Å². The van der Waals surface area contributed by atoms with Crippen molar-refractivity contribution < 1.29 is 19.7 Å². The zero-order valence-electron chi connectivity index (χ0n) is 9.72. The molecule has 94 valence electrons. The molecule has 6 nitrogen and oxygen atoms in total. The number of aromatic nitrogens is 2. The van der Waals surface area contributed by atoms with Gasteiger partial charge < -0.3 is 14.9 Å². The minimum absolute atomic E-state index is 0.242. The second-order valence-electron chi connectivity index (χ2n) is 4.07. The number of carboxylic acids is 1. The zero-order chi connectivity index (χ0) is 12.4. The number of carboxylic acid groups (broad SMARTS) is 1. The first-order valence-corrected chi connectivity index (χ1v) is 5.80. The van der Waals surface area contributed by atoms with Crippen molar-refractivity contribution in [2.75, 3.05) is 6.61 Å². The number of nitrogens with zero attached hydrogens (tertiary/aromatic N) is 2. The van der Waals surface area contributed by atoms with Gasteiger partial charge in [-0.2, -0.15) is 5.10 Å². The number of aromatic carboxylic acids is 1. The lowest BCUT2D eigenvalue weighted by Gasteiger charge is -2.24. The highest BCUT2D eigenvalue weighted by Crippen LogP contribution is 2.30. The van der Waals surface area contributed by atoms with Gasteiger partial charge in [-0.15, -0.1) is 0 Å². The first-order valence-electron chi connectivity index (χ1n) is 5.80. The van der Waals surface area contributed by atoms with E-state index in [0.717, 1.165) is 19.3 Å². The normalized spacial score (nSPS) is 20.4. The molecule has 0 radical (unpaired) electrons. The Kier molecular flexibility index (Phi) is 3.33. The highest BCUT2D eigenvalue weighted by molar-refractivity contribution is 5.88. The Morgan fingerprint density at radius 1 is 1.59 bits per heavy atom. The number of aromatic hydroxyl groups is 1. The van der Waals surface area contributed by atoms with Gasteiger partial charge in [0, 0.05) is 6.61 Å². The summed E-state index contributed by atoms with van der Waals surface area (Å²) in [6.07, 6.45) is 3.10. The summed E-state index contributed by atoms with van der Waals surface area (Å²) in [5.74, 6) is -1.46. The van der Waals surface area contributed by atoms with E-state index < -0.39 is 5.97 Å². The first kappa shape index (κ1) is 11.9. The molecule has 17 heavy (non-hydrogen) atoms. The summed E-state index contributed by atoms with van der Waals surface area (Å²) in [5, 5.41) is 22.7. The van der Waals surface area contributed by atoms with Crippen molar-refractivity contribution in [1.82, 2.24) is 9.78 Å². The van der Waals surface area contributed by atoms with Crippen LogP contribution in [0.3, 0.4) is 0 Å². The summed E-state index contributed by atoms with van der Waals surface area (Å²) in [7, 11) is 0. The minimum atomic E-state index is -1.22. The lowest BCUT2D eigenvalue weighted by molar-refractivity contribution is -0.0413. The van der Waals surface area contributed by atoms with E-state index in [2.05, 4.69) is 5.10 Å². The smallest absolute Gasteiger partial charge is 0.360 e. The first-order chi connectivity index (χ1) is 8.15. The van der Waals surface area contributed by atoms with E-state index in [1.165, 1.54) is 4.68 Å². The molecule has 0 saturated carbocycles. The number of hydrogen-bond donors (Lipinski definition) is 2. The van der Waals surface area contributed by atoms with Crippen LogP contribution in [-0.4, -0.2) is 32.6 Å². The minimum Gasteiger partial charge on any atom is -0.504 e. The van der Waals surface area contributed by atoms with Gasteiger partial charge in [0.25, 0.3) is 0 Å². The Morgan fingerprint density at radius 3 is 2.88 bits per heavy atom. The van der Waals surface area contributed by atoms with Gasteiger partial charge in [-0.3, -0.25) is 0 Å². The fourth-order valence-electron chi connectivity index (χ4n) is 2.09. The third-order valence-electron chi connectivity index (χ3n) is 2.95. The quantitative estimate of drug-likeness (QED) is 0.837. The Morgan fingerprint density at radius 2 is 2.35 bits per heavy atom. The molecule has 1 atom stereocenters. The Labute approximate surface area is 98.8 Å². The lowest BCUT2D eigenvalue weighted by atomic mass is 10.2. The summed E-state index contributed by atoms with van der Waals surface area (Å²) < 4.78 is 7.06. The van der Waals surface area contributed by atoms with Gasteiger partial charge in [0.15, 0.2) is 12.0 Å². The van der Waals surface area contributed by atoms with Crippen molar-refractivity contribution >= 4 is 5.97 Å². The molecular formula is C11H16N2O4. The van der Waals surface area contributed by atoms with E-state index in [1.54, 1.807) is 0 Å². The molecule has 0 spiro atoms. The van der Waals surface area contributed by atoms with Gasteiger partial charge in [-0.05, 0) is 25.7 Å². The van der Waals surface area contributed by atoms with Crippen molar-refractivity contribution in [3.05, 3.63) is 11.4 Å². The molecule has 1 unspecified atom stereocenters. The van der Waals surface area contributed by atoms with Gasteiger partial charge in [0.1, 0.15) is 0 Å². The summed E-state index contributed by atoms with van der Waals surface area (Å²) >= 11 is 0. The third kappa shape index (κ3) is 2.12. The van der Waals surface area contributed by atoms with Crippen LogP contribution in [0.5, 0.6) is 5.75 Å². The molecule has 1 aliphatic rings. The summed E-state index contributed by atoms with van der Waals surface area (Å²) in [4.78, 5) is 10.9. The standard InChI is InChI=1S/C11H16N2O4/c1-2-7-10(14)9(11(15)16)12-13(7)8-5-3-4-6-17-8/h8,14H,2-6H2,1H3,(H,15,16). The van der Waals surface area contributed by atoms with E-state index in [0.29, 0.717) is 18.7 Å². The maximum absolute atomic E-state index is 10.9. The molecule has 0 aromatic carbocycles. The monoisotopic (exact) mass is 240 g/mol. The van der Waals surface area contributed by atoms with E-state index >= 15 is 0 Å². The fourth-order valence-corrected chi connectivity index (χ4v) is 2.09. The van der Waals surface area contributed by atoms with Gasteiger partial charge >= 0.3 is 5.97 Å². The Bertz CT molecular complexity index is 421. The number of carbonyl (C=O) groups is 1. The van der Waals surface area contributed by atoms with Crippen LogP contribution < -0.4 is 0 Å². The van der Waals surface area contributed by atoms with Crippen LogP contribution in [-0.2, 0) is 11.2 Å². The average molecular weight is 240 g/mol. The van der Waals surface area contributed by atoms with Gasteiger partial charge in [-0.1, -0.05) is 6.92 Å². The van der Waals surface area contributed by atoms with E-state index in [9.17, 15) is 9.90 Å².